The van der Waals surface area contributed by atoms with Crippen molar-refractivity contribution in [1.82, 2.24) is 19.9 Å². The summed E-state index contributed by atoms with van der Waals surface area (Å²) in [5, 5.41) is 3.47. The lowest BCUT2D eigenvalue weighted by Crippen LogP contribution is -2.42. The molecule has 1 aliphatic heterocycles. The van der Waals surface area contributed by atoms with Gasteiger partial charge in [0.25, 0.3) is 0 Å². The van der Waals surface area contributed by atoms with Crippen LogP contribution in [-0.2, 0) is 4.74 Å². The molecule has 0 radical (unpaired) electrons. The van der Waals surface area contributed by atoms with Crippen LogP contribution in [0.1, 0.15) is 6.92 Å². The topological polar surface area (TPSA) is 66.4 Å². The van der Waals surface area contributed by atoms with Gasteiger partial charge in [-0.3, -0.25) is 4.90 Å². The molecular formula is C12H21ClN6O. The number of nitrogens with one attached hydrogen (secondary N) is 1. The zero-order chi connectivity index (χ0) is 14.5. The Kier molecular flexibility index (Phi) is 5.33. The van der Waals surface area contributed by atoms with E-state index in [1.165, 1.54) is 0 Å². The third-order valence-corrected chi connectivity index (χ3v) is 3.18. The summed E-state index contributed by atoms with van der Waals surface area (Å²) in [5.41, 5.74) is 0. The number of nitrogens with zero attached hydrogens (tertiary/aromatic N) is 5. The van der Waals surface area contributed by atoms with Crippen molar-refractivity contribution in [3.63, 3.8) is 0 Å². The van der Waals surface area contributed by atoms with Crippen molar-refractivity contribution in [2.24, 2.45) is 0 Å². The van der Waals surface area contributed by atoms with Crippen molar-refractivity contribution in [1.29, 1.82) is 0 Å². The van der Waals surface area contributed by atoms with Gasteiger partial charge in [0.2, 0.25) is 17.2 Å². The monoisotopic (exact) mass is 300 g/mol. The van der Waals surface area contributed by atoms with Gasteiger partial charge >= 0.3 is 0 Å². The molecule has 1 unspecified atom stereocenters. The summed E-state index contributed by atoms with van der Waals surface area (Å²) in [7, 11) is 3.74. The molecule has 0 bridgehead atoms. The molecule has 20 heavy (non-hydrogen) atoms. The predicted molar refractivity (Wildman–Crippen MR) is 79.5 cm³/mol. The number of ether oxygens (including phenoxy) is 1. The zero-order valence-electron chi connectivity index (χ0n) is 12.1. The fourth-order valence-electron chi connectivity index (χ4n) is 2.04. The van der Waals surface area contributed by atoms with Gasteiger partial charge in [0.1, 0.15) is 0 Å². The van der Waals surface area contributed by atoms with Crippen molar-refractivity contribution in [2.75, 3.05) is 57.2 Å². The molecular weight excluding hydrogens is 280 g/mol. The van der Waals surface area contributed by atoms with Crippen LogP contribution in [0, 0.1) is 0 Å². The molecule has 0 spiro atoms. The lowest BCUT2D eigenvalue weighted by Gasteiger charge is -2.29. The minimum absolute atomic E-state index is 0.199. The van der Waals surface area contributed by atoms with E-state index in [9.17, 15) is 0 Å². The van der Waals surface area contributed by atoms with Crippen LogP contribution < -0.4 is 10.2 Å². The van der Waals surface area contributed by atoms with Crippen LogP contribution in [0.4, 0.5) is 11.9 Å². The Morgan fingerprint density at radius 3 is 2.65 bits per heavy atom. The third-order valence-electron chi connectivity index (χ3n) is 3.01. The summed E-state index contributed by atoms with van der Waals surface area (Å²) in [6.45, 7) is 6.55. The molecule has 1 atom stereocenters. The highest BCUT2D eigenvalue weighted by atomic mass is 35.5. The highest BCUT2D eigenvalue weighted by Gasteiger charge is 2.15. The maximum absolute atomic E-state index is 5.91. The Bertz CT molecular complexity index is 438. The molecule has 2 heterocycles. The summed E-state index contributed by atoms with van der Waals surface area (Å²) in [6.07, 6.45) is 0. The van der Waals surface area contributed by atoms with Crippen LogP contribution in [0.15, 0.2) is 0 Å². The molecule has 1 aromatic rings. The van der Waals surface area contributed by atoms with Crippen LogP contribution in [0.5, 0.6) is 0 Å². The van der Waals surface area contributed by atoms with E-state index in [0.717, 1.165) is 32.8 Å². The predicted octanol–water partition coefficient (Wildman–Crippen LogP) is 0.724. The average Bonchev–Trinajstić information content (AvgIpc) is 2.38. The Morgan fingerprint density at radius 1 is 1.30 bits per heavy atom. The quantitative estimate of drug-likeness (QED) is 0.859. The number of anilines is 2. The van der Waals surface area contributed by atoms with Crippen LogP contribution in [-0.4, -0.2) is 72.8 Å². The van der Waals surface area contributed by atoms with Gasteiger partial charge in [0, 0.05) is 39.8 Å². The fraction of sp³-hybridized carbons (Fsp3) is 0.750. The highest BCUT2D eigenvalue weighted by Crippen LogP contribution is 2.12. The molecule has 2 rings (SSSR count). The third kappa shape index (κ3) is 4.43. The van der Waals surface area contributed by atoms with E-state index >= 15 is 0 Å². The minimum Gasteiger partial charge on any atom is -0.379 e. The molecule has 1 saturated heterocycles. The van der Waals surface area contributed by atoms with Crippen molar-refractivity contribution < 1.29 is 4.74 Å². The minimum atomic E-state index is 0.199. The van der Waals surface area contributed by atoms with Gasteiger partial charge in [-0.25, -0.2) is 0 Å². The number of aromatic nitrogens is 3. The van der Waals surface area contributed by atoms with E-state index in [-0.39, 0.29) is 11.3 Å². The van der Waals surface area contributed by atoms with Crippen LogP contribution in [0.3, 0.4) is 0 Å². The maximum atomic E-state index is 5.91. The SMILES string of the molecule is CC(CN1CCOCC1)Nc1nc(Cl)nc(N(C)C)n1. The second kappa shape index (κ2) is 7.01. The summed E-state index contributed by atoms with van der Waals surface area (Å²) in [6, 6.07) is 0.224. The molecule has 1 N–H and O–H groups in total. The normalized spacial score (nSPS) is 17.8. The van der Waals surface area contributed by atoms with Crippen LogP contribution >= 0.6 is 11.6 Å². The average molecular weight is 301 g/mol. The maximum Gasteiger partial charge on any atom is 0.230 e. The first kappa shape index (κ1) is 15.2. The molecule has 0 aromatic carbocycles. The summed E-state index contributed by atoms with van der Waals surface area (Å²) >= 11 is 5.91. The molecule has 1 fully saturated rings. The Labute approximate surface area is 124 Å². The first-order valence-corrected chi connectivity index (χ1v) is 7.08. The second-order valence-electron chi connectivity index (χ2n) is 5.08. The highest BCUT2D eigenvalue weighted by molar-refractivity contribution is 6.28. The first-order chi connectivity index (χ1) is 9.54. The molecule has 1 aliphatic rings. The van der Waals surface area contributed by atoms with E-state index in [0.29, 0.717) is 11.9 Å². The van der Waals surface area contributed by atoms with Crippen molar-refractivity contribution in [3.8, 4) is 0 Å². The Balaban J connectivity index is 1.94. The smallest absolute Gasteiger partial charge is 0.230 e. The molecule has 0 aliphatic carbocycles. The lowest BCUT2D eigenvalue weighted by atomic mass is 10.3. The Morgan fingerprint density at radius 2 is 2.00 bits per heavy atom. The van der Waals surface area contributed by atoms with Crippen LogP contribution in [0.2, 0.25) is 5.28 Å². The fourth-order valence-corrected chi connectivity index (χ4v) is 2.20. The molecule has 1 aromatic heterocycles. The van der Waals surface area contributed by atoms with Crippen LogP contribution in [0.25, 0.3) is 0 Å². The zero-order valence-corrected chi connectivity index (χ0v) is 12.9. The Hall–Kier alpha value is -1.18. The molecule has 0 saturated carbocycles. The van der Waals surface area contributed by atoms with Gasteiger partial charge in [-0.2, -0.15) is 15.0 Å². The van der Waals surface area contributed by atoms with Gasteiger partial charge in [0.15, 0.2) is 0 Å². The van der Waals surface area contributed by atoms with E-state index in [1.54, 1.807) is 4.90 Å². The second-order valence-corrected chi connectivity index (χ2v) is 5.42. The van der Waals surface area contributed by atoms with E-state index < -0.39 is 0 Å². The molecule has 7 nitrogen and oxygen atoms in total. The first-order valence-electron chi connectivity index (χ1n) is 6.70. The summed E-state index contributed by atoms with van der Waals surface area (Å²) < 4.78 is 5.34. The van der Waals surface area contributed by atoms with Gasteiger partial charge in [-0.1, -0.05) is 0 Å². The molecule has 8 heteroatoms. The number of morpholine rings is 1. The van der Waals surface area contributed by atoms with Gasteiger partial charge in [0.05, 0.1) is 13.2 Å². The van der Waals surface area contributed by atoms with Gasteiger partial charge < -0.3 is 15.0 Å². The summed E-state index contributed by atoms with van der Waals surface area (Å²) in [4.78, 5) is 16.7. The number of halogens is 1. The van der Waals surface area contributed by atoms with Crippen molar-refractivity contribution >= 4 is 23.5 Å². The number of hydrogen-bond acceptors (Lipinski definition) is 7. The summed E-state index contributed by atoms with van der Waals surface area (Å²) in [5.74, 6) is 1.06. The van der Waals surface area contributed by atoms with Crippen molar-refractivity contribution in [2.45, 2.75) is 13.0 Å². The number of hydrogen-bond donors (Lipinski definition) is 1. The van der Waals surface area contributed by atoms with Gasteiger partial charge in [-0.05, 0) is 18.5 Å². The molecule has 112 valence electrons. The van der Waals surface area contributed by atoms with E-state index in [4.69, 9.17) is 16.3 Å². The van der Waals surface area contributed by atoms with Gasteiger partial charge in [-0.15, -0.1) is 0 Å². The van der Waals surface area contributed by atoms with Crippen molar-refractivity contribution in [3.05, 3.63) is 5.28 Å². The lowest BCUT2D eigenvalue weighted by molar-refractivity contribution is 0.0368. The standard InChI is InChI=1S/C12H21ClN6O/c1-9(8-19-4-6-20-7-5-19)14-11-15-10(13)16-12(17-11)18(2)3/h9H,4-8H2,1-3H3,(H,14,15,16,17). The number of rotatable bonds is 5. The van der Waals surface area contributed by atoms with E-state index in [1.807, 2.05) is 14.1 Å². The van der Waals surface area contributed by atoms with E-state index in [2.05, 4.69) is 32.1 Å². The molecule has 0 amide bonds. The largest absolute Gasteiger partial charge is 0.379 e.